The van der Waals surface area contributed by atoms with E-state index >= 15 is 0 Å². The minimum Gasteiger partial charge on any atom is -0.0988 e. The van der Waals surface area contributed by atoms with Gasteiger partial charge in [-0.15, -0.1) is 0 Å². The first-order valence-electron chi connectivity index (χ1n) is 5.37. The summed E-state index contributed by atoms with van der Waals surface area (Å²) < 4.78 is 0. The Hall–Kier alpha value is -1.04. The van der Waals surface area contributed by atoms with Gasteiger partial charge in [-0.2, -0.15) is 0 Å². The zero-order chi connectivity index (χ0) is 10.6. The highest BCUT2D eigenvalue weighted by Crippen LogP contribution is 2.27. The summed E-state index contributed by atoms with van der Waals surface area (Å²) >= 11 is 0. The van der Waals surface area contributed by atoms with Crippen LogP contribution in [0.15, 0.2) is 47.1 Å². The van der Waals surface area contributed by atoms with Gasteiger partial charge in [-0.05, 0) is 44.3 Å². The fourth-order valence-electron chi connectivity index (χ4n) is 1.77. The third-order valence-electron chi connectivity index (χ3n) is 2.59. The van der Waals surface area contributed by atoms with Crippen molar-refractivity contribution in [3.8, 4) is 0 Å². The summed E-state index contributed by atoms with van der Waals surface area (Å²) in [6, 6.07) is 0. The first-order valence-corrected chi connectivity index (χ1v) is 5.37. The molecule has 1 aliphatic rings. The number of rotatable bonds is 3. The molecule has 0 N–H and O–H groups in total. The van der Waals surface area contributed by atoms with Crippen LogP contribution >= 0.6 is 0 Å². The van der Waals surface area contributed by atoms with Crippen LogP contribution in [0.5, 0.6) is 0 Å². The molecule has 0 amide bonds. The van der Waals surface area contributed by atoms with Crippen LogP contribution in [0.2, 0.25) is 0 Å². The van der Waals surface area contributed by atoms with Crippen LogP contribution in [0.25, 0.3) is 0 Å². The van der Waals surface area contributed by atoms with Gasteiger partial charge in [0.15, 0.2) is 0 Å². The summed E-state index contributed by atoms with van der Waals surface area (Å²) in [5.41, 5.74) is 5.67. The maximum Gasteiger partial charge on any atom is -0.0226 e. The fraction of sp³-hybridized carbons (Fsp3) is 0.429. The van der Waals surface area contributed by atoms with E-state index < -0.39 is 0 Å². The second kappa shape index (κ2) is 4.99. The van der Waals surface area contributed by atoms with Gasteiger partial charge in [0.2, 0.25) is 0 Å². The van der Waals surface area contributed by atoms with Crippen LogP contribution in [-0.4, -0.2) is 0 Å². The molecule has 0 unspecified atom stereocenters. The van der Waals surface area contributed by atoms with E-state index in [2.05, 4.69) is 39.5 Å². The molecular weight excluding hydrogens is 168 g/mol. The summed E-state index contributed by atoms with van der Waals surface area (Å²) in [4.78, 5) is 0. The van der Waals surface area contributed by atoms with Crippen molar-refractivity contribution in [1.29, 1.82) is 0 Å². The molecule has 0 saturated carbocycles. The molecule has 0 aliphatic heterocycles. The van der Waals surface area contributed by atoms with Crippen molar-refractivity contribution in [2.75, 3.05) is 0 Å². The Morgan fingerprint density at radius 1 is 1.43 bits per heavy atom. The quantitative estimate of drug-likeness (QED) is 0.608. The van der Waals surface area contributed by atoms with Crippen LogP contribution in [0.1, 0.15) is 40.0 Å². The Morgan fingerprint density at radius 3 is 2.64 bits per heavy atom. The highest BCUT2D eigenvalue weighted by molar-refractivity contribution is 5.45. The van der Waals surface area contributed by atoms with Gasteiger partial charge < -0.3 is 0 Å². The second-order valence-electron chi connectivity index (χ2n) is 4.06. The predicted molar refractivity (Wildman–Crippen MR) is 64.3 cm³/mol. The lowest BCUT2D eigenvalue weighted by atomic mass is 9.90. The van der Waals surface area contributed by atoms with Crippen LogP contribution in [0, 0.1) is 0 Å². The van der Waals surface area contributed by atoms with Crippen molar-refractivity contribution in [2.45, 2.75) is 40.0 Å². The van der Waals surface area contributed by atoms with E-state index in [1.807, 2.05) is 6.08 Å². The van der Waals surface area contributed by atoms with E-state index in [-0.39, 0.29) is 0 Å². The Morgan fingerprint density at radius 2 is 2.14 bits per heavy atom. The molecular formula is C14H20. The van der Waals surface area contributed by atoms with Crippen molar-refractivity contribution in [3.05, 3.63) is 47.1 Å². The Balaban J connectivity index is 3.04. The molecule has 0 atom stereocenters. The van der Waals surface area contributed by atoms with Gasteiger partial charge >= 0.3 is 0 Å². The maximum atomic E-state index is 3.88. The average Bonchev–Trinajstić information content (AvgIpc) is 2.16. The van der Waals surface area contributed by atoms with Crippen LogP contribution in [-0.2, 0) is 0 Å². The van der Waals surface area contributed by atoms with Crippen molar-refractivity contribution in [2.24, 2.45) is 0 Å². The van der Waals surface area contributed by atoms with Crippen LogP contribution < -0.4 is 0 Å². The van der Waals surface area contributed by atoms with E-state index in [4.69, 9.17) is 0 Å². The minimum atomic E-state index is 1.16. The minimum absolute atomic E-state index is 1.16. The monoisotopic (exact) mass is 188 g/mol. The van der Waals surface area contributed by atoms with E-state index in [1.165, 1.54) is 29.6 Å². The number of allylic oxidation sites excluding steroid dienone is 7. The summed E-state index contributed by atoms with van der Waals surface area (Å²) in [6.45, 7) is 10.4. The highest BCUT2D eigenvalue weighted by atomic mass is 14.1. The SMILES string of the molecule is C=CC1=C(C=C(C)C)C=C(CC)CC1. The van der Waals surface area contributed by atoms with Crippen molar-refractivity contribution < 1.29 is 0 Å². The van der Waals surface area contributed by atoms with Crippen LogP contribution in [0.3, 0.4) is 0 Å². The van der Waals surface area contributed by atoms with E-state index in [1.54, 1.807) is 5.57 Å². The summed E-state index contributed by atoms with van der Waals surface area (Å²) in [7, 11) is 0. The van der Waals surface area contributed by atoms with Crippen molar-refractivity contribution in [3.63, 3.8) is 0 Å². The van der Waals surface area contributed by atoms with Gasteiger partial charge in [0, 0.05) is 0 Å². The van der Waals surface area contributed by atoms with Crippen molar-refractivity contribution in [1.82, 2.24) is 0 Å². The maximum absolute atomic E-state index is 3.88. The third kappa shape index (κ3) is 2.73. The molecule has 0 bridgehead atoms. The van der Waals surface area contributed by atoms with E-state index in [0.29, 0.717) is 0 Å². The first-order chi connectivity index (χ1) is 6.67. The molecule has 0 saturated heterocycles. The molecule has 1 rings (SSSR count). The molecule has 0 fully saturated rings. The van der Waals surface area contributed by atoms with Gasteiger partial charge in [-0.1, -0.05) is 42.9 Å². The zero-order valence-corrected chi connectivity index (χ0v) is 9.56. The van der Waals surface area contributed by atoms with Gasteiger partial charge in [0.1, 0.15) is 0 Å². The summed E-state index contributed by atoms with van der Waals surface area (Å²) in [6.07, 6.45) is 10.1. The molecule has 0 spiro atoms. The average molecular weight is 188 g/mol. The normalized spacial score (nSPS) is 16.4. The lowest BCUT2D eigenvalue weighted by Crippen LogP contribution is -1.96. The largest absolute Gasteiger partial charge is 0.0988 e. The molecule has 0 aromatic rings. The van der Waals surface area contributed by atoms with Crippen molar-refractivity contribution >= 4 is 0 Å². The zero-order valence-electron chi connectivity index (χ0n) is 9.56. The summed E-state index contributed by atoms with van der Waals surface area (Å²) in [5, 5.41) is 0. The Kier molecular flexibility index (Phi) is 3.94. The number of hydrogen-bond donors (Lipinski definition) is 0. The van der Waals surface area contributed by atoms with Gasteiger partial charge in [-0.3, -0.25) is 0 Å². The van der Waals surface area contributed by atoms with Gasteiger partial charge in [0.25, 0.3) is 0 Å². The third-order valence-corrected chi connectivity index (χ3v) is 2.59. The highest BCUT2D eigenvalue weighted by Gasteiger charge is 2.08. The standard InChI is InChI=1S/C14H20/c1-5-12-7-8-13(6-2)14(10-12)9-11(3)4/h6,9-10H,2,5,7-8H2,1,3-4H3. The van der Waals surface area contributed by atoms with E-state index in [9.17, 15) is 0 Å². The second-order valence-corrected chi connectivity index (χ2v) is 4.06. The number of hydrogen-bond acceptors (Lipinski definition) is 0. The topological polar surface area (TPSA) is 0 Å². The molecule has 0 nitrogen and oxygen atoms in total. The van der Waals surface area contributed by atoms with Gasteiger partial charge in [-0.25, -0.2) is 0 Å². The van der Waals surface area contributed by atoms with Gasteiger partial charge in [0.05, 0.1) is 0 Å². The fourth-order valence-corrected chi connectivity index (χ4v) is 1.77. The molecule has 14 heavy (non-hydrogen) atoms. The summed E-state index contributed by atoms with van der Waals surface area (Å²) in [5.74, 6) is 0. The molecule has 0 aromatic heterocycles. The lowest BCUT2D eigenvalue weighted by Gasteiger charge is -2.15. The molecule has 0 aromatic carbocycles. The molecule has 76 valence electrons. The predicted octanol–water partition coefficient (Wildman–Crippen LogP) is 4.57. The van der Waals surface area contributed by atoms with Crippen LogP contribution in [0.4, 0.5) is 0 Å². The molecule has 1 aliphatic carbocycles. The first kappa shape index (κ1) is 11.0. The molecule has 0 radical (unpaired) electrons. The van der Waals surface area contributed by atoms with E-state index in [0.717, 1.165) is 6.42 Å². The Bertz CT molecular complexity index is 307. The smallest absolute Gasteiger partial charge is 0.0226 e. The molecule has 0 heterocycles. The Labute approximate surface area is 87.7 Å². The lowest BCUT2D eigenvalue weighted by molar-refractivity contribution is 0.864. The molecule has 0 heteroatoms.